The number of nitrogens with zero attached hydrogens (tertiary/aromatic N) is 1. The fraction of sp³-hybridized carbons (Fsp3) is 0.320. The highest BCUT2D eigenvalue weighted by Crippen LogP contribution is 2.49. The second kappa shape index (κ2) is 8.86. The number of hydrogen-bond donors (Lipinski definition) is 3. The van der Waals surface area contributed by atoms with Crippen LogP contribution in [0.5, 0.6) is 0 Å². The van der Waals surface area contributed by atoms with Crippen molar-refractivity contribution in [1.82, 2.24) is 5.32 Å². The lowest BCUT2D eigenvalue weighted by Gasteiger charge is -2.46. The summed E-state index contributed by atoms with van der Waals surface area (Å²) in [4.78, 5) is 25.2. The van der Waals surface area contributed by atoms with E-state index in [0.29, 0.717) is 16.8 Å². The Morgan fingerprint density at radius 3 is 2.21 bits per heavy atom. The van der Waals surface area contributed by atoms with Crippen molar-refractivity contribution < 1.29 is 27.9 Å². The van der Waals surface area contributed by atoms with E-state index in [-0.39, 0.29) is 29.9 Å². The summed E-state index contributed by atoms with van der Waals surface area (Å²) < 4.78 is 39.6. The van der Waals surface area contributed by atoms with Gasteiger partial charge >= 0.3 is 12.3 Å². The van der Waals surface area contributed by atoms with Crippen LogP contribution >= 0.6 is 0 Å². The van der Waals surface area contributed by atoms with Gasteiger partial charge in [-0.25, -0.2) is 4.79 Å². The standard InChI is InChI=1S/C25H24F3N3O3/c1-23(2,3)24(31-22(33)34,16-9-7-15(14-29)8-10-16)21-19(11-12-20(21)32)30-18-6-4-5-17(13-18)25(26,27)28/h4-10,13,30-31H,11-12H2,1-3H3,(H,33,34). The van der Waals surface area contributed by atoms with Gasteiger partial charge in [-0.05, 0) is 47.7 Å². The second-order valence-electron chi connectivity index (χ2n) is 9.10. The molecular formula is C25H24F3N3O3. The molecular weight excluding hydrogens is 447 g/mol. The molecule has 9 heteroatoms. The molecule has 0 heterocycles. The van der Waals surface area contributed by atoms with E-state index in [0.717, 1.165) is 12.1 Å². The average Bonchev–Trinajstić information content (AvgIpc) is 3.11. The summed E-state index contributed by atoms with van der Waals surface area (Å²) in [7, 11) is 0. The zero-order chi connectivity index (χ0) is 25.3. The molecule has 1 aliphatic rings. The smallest absolute Gasteiger partial charge is 0.416 e. The summed E-state index contributed by atoms with van der Waals surface area (Å²) in [5.41, 5.74) is -1.84. The van der Waals surface area contributed by atoms with E-state index in [1.807, 2.05) is 6.07 Å². The van der Waals surface area contributed by atoms with E-state index in [1.165, 1.54) is 24.3 Å². The molecule has 0 radical (unpaired) electrons. The van der Waals surface area contributed by atoms with Gasteiger partial charge < -0.3 is 15.7 Å². The fourth-order valence-corrected chi connectivity index (χ4v) is 4.39. The summed E-state index contributed by atoms with van der Waals surface area (Å²) in [6.07, 6.45) is -5.63. The summed E-state index contributed by atoms with van der Waals surface area (Å²) in [6, 6.07) is 12.8. The summed E-state index contributed by atoms with van der Waals surface area (Å²) in [6.45, 7) is 5.30. The molecule has 0 spiro atoms. The number of amides is 1. The Kier molecular flexibility index (Phi) is 6.47. The molecule has 0 fully saturated rings. The van der Waals surface area contributed by atoms with Crippen LogP contribution in [0.25, 0.3) is 0 Å². The number of benzene rings is 2. The van der Waals surface area contributed by atoms with Crippen molar-refractivity contribution in [2.45, 2.75) is 45.3 Å². The first-order valence-electron chi connectivity index (χ1n) is 10.5. The number of halogens is 3. The maximum atomic E-state index is 13.2. The SMILES string of the molecule is CC(C)(C)C(NC(=O)O)(C1=C(Nc2cccc(C(F)(F)F)c2)CCC1=O)c1ccc(C#N)cc1. The number of nitriles is 1. The van der Waals surface area contributed by atoms with Gasteiger partial charge in [0, 0.05) is 23.4 Å². The Morgan fingerprint density at radius 1 is 1.03 bits per heavy atom. The maximum Gasteiger partial charge on any atom is 0.416 e. The summed E-state index contributed by atoms with van der Waals surface area (Å²) in [5, 5.41) is 24.4. The molecule has 0 saturated heterocycles. The molecule has 1 aliphatic carbocycles. The minimum absolute atomic E-state index is 0.0754. The number of rotatable bonds is 5. The Bertz CT molecular complexity index is 1190. The van der Waals surface area contributed by atoms with Gasteiger partial charge in [-0.3, -0.25) is 4.79 Å². The van der Waals surface area contributed by atoms with Gasteiger partial charge in [0.2, 0.25) is 0 Å². The van der Waals surface area contributed by atoms with Crippen LogP contribution in [0.15, 0.2) is 59.8 Å². The van der Waals surface area contributed by atoms with Crippen molar-refractivity contribution in [1.29, 1.82) is 5.26 Å². The second-order valence-corrected chi connectivity index (χ2v) is 9.10. The average molecular weight is 471 g/mol. The monoisotopic (exact) mass is 471 g/mol. The number of alkyl halides is 3. The van der Waals surface area contributed by atoms with Crippen LogP contribution in [0.4, 0.5) is 23.7 Å². The molecule has 178 valence electrons. The fourth-order valence-electron chi connectivity index (χ4n) is 4.39. The number of anilines is 1. The normalized spacial score (nSPS) is 16.1. The Hall–Kier alpha value is -3.80. The lowest BCUT2D eigenvalue weighted by molar-refractivity contribution is -0.137. The van der Waals surface area contributed by atoms with Crippen LogP contribution in [0.2, 0.25) is 0 Å². The molecule has 3 N–H and O–H groups in total. The number of carboxylic acid groups (broad SMARTS) is 1. The number of Topliss-reactive ketones (excluding diaryl/α,β-unsaturated/α-hetero) is 1. The minimum Gasteiger partial charge on any atom is -0.465 e. The van der Waals surface area contributed by atoms with Crippen LogP contribution in [0.1, 0.15) is 50.3 Å². The minimum atomic E-state index is -4.54. The van der Waals surface area contributed by atoms with Crippen molar-refractivity contribution in [3.8, 4) is 6.07 Å². The van der Waals surface area contributed by atoms with Gasteiger partial charge in [0.1, 0.15) is 5.54 Å². The largest absolute Gasteiger partial charge is 0.465 e. The zero-order valence-electron chi connectivity index (χ0n) is 18.9. The van der Waals surface area contributed by atoms with Crippen LogP contribution < -0.4 is 10.6 Å². The van der Waals surface area contributed by atoms with Crippen molar-refractivity contribution in [3.63, 3.8) is 0 Å². The molecule has 0 bridgehead atoms. The highest BCUT2D eigenvalue weighted by molar-refractivity contribution is 6.02. The van der Waals surface area contributed by atoms with Crippen LogP contribution in [0, 0.1) is 16.7 Å². The number of nitrogens with one attached hydrogen (secondary N) is 2. The van der Waals surface area contributed by atoms with Gasteiger partial charge in [-0.15, -0.1) is 0 Å². The van der Waals surface area contributed by atoms with Gasteiger partial charge in [0.25, 0.3) is 0 Å². The van der Waals surface area contributed by atoms with Crippen molar-refractivity contribution in [2.24, 2.45) is 5.41 Å². The highest BCUT2D eigenvalue weighted by Gasteiger charge is 2.52. The molecule has 2 aromatic carbocycles. The molecule has 3 rings (SSSR count). The molecule has 0 saturated carbocycles. The molecule has 0 aromatic heterocycles. The number of carbonyl (C=O) groups excluding carboxylic acids is 1. The number of hydrogen-bond acceptors (Lipinski definition) is 4. The highest BCUT2D eigenvalue weighted by atomic mass is 19.4. The molecule has 2 aromatic rings. The molecule has 34 heavy (non-hydrogen) atoms. The maximum absolute atomic E-state index is 13.2. The Morgan fingerprint density at radius 2 is 1.68 bits per heavy atom. The third-order valence-corrected chi connectivity index (χ3v) is 5.91. The first-order valence-corrected chi connectivity index (χ1v) is 10.5. The Balaban J connectivity index is 2.25. The lowest BCUT2D eigenvalue weighted by atomic mass is 9.64. The van der Waals surface area contributed by atoms with E-state index in [1.54, 1.807) is 32.9 Å². The quantitative estimate of drug-likeness (QED) is 0.510. The van der Waals surface area contributed by atoms with Gasteiger partial charge in [-0.1, -0.05) is 39.0 Å². The lowest BCUT2D eigenvalue weighted by Crippen LogP contribution is -2.57. The van der Waals surface area contributed by atoms with E-state index in [4.69, 9.17) is 5.26 Å². The third kappa shape index (κ3) is 4.62. The van der Waals surface area contributed by atoms with Gasteiger partial charge in [0.05, 0.1) is 17.2 Å². The van der Waals surface area contributed by atoms with E-state index >= 15 is 0 Å². The number of ketones is 1. The van der Waals surface area contributed by atoms with Crippen LogP contribution in [-0.4, -0.2) is 17.0 Å². The first-order chi connectivity index (χ1) is 15.8. The number of allylic oxidation sites excluding steroid dienone is 1. The summed E-state index contributed by atoms with van der Waals surface area (Å²) in [5.74, 6) is -0.317. The molecule has 6 nitrogen and oxygen atoms in total. The topological polar surface area (TPSA) is 102 Å². The van der Waals surface area contributed by atoms with Gasteiger partial charge in [-0.2, -0.15) is 18.4 Å². The molecule has 1 amide bonds. The van der Waals surface area contributed by atoms with E-state index < -0.39 is 28.8 Å². The van der Waals surface area contributed by atoms with E-state index in [2.05, 4.69) is 10.6 Å². The van der Waals surface area contributed by atoms with E-state index in [9.17, 15) is 27.9 Å². The number of carbonyl (C=O) groups is 2. The van der Waals surface area contributed by atoms with Crippen LogP contribution in [-0.2, 0) is 16.5 Å². The van der Waals surface area contributed by atoms with Crippen molar-refractivity contribution >= 4 is 17.6 Å². The zero-order valence-corrected chi connectivity index (χ0v) is 18.9. The molecule has 1 atom stereocenters. The van der Waals surface area contributed by atoms with Gasteiger partial charge in [0.15, 0.2) is 5.78 Å². The van der Waals surface area contributed by atoms with Crippen molar-refractivity contribution in [2.75, 3.05) is 5.32 Å². The molecule has 0 aliphatic heterocycles. The predicted octanol–water partition coefficient (Wildman–Crippen LogP) is 5.82. The third-order valence-electron chi connectivity index (χ3n) is 5.91. The van der Waals surface area contributed by atoms with Crippen molar-refractivity contribution in [3.05, 3.63) is 76.5 Å². The predicted molar refractivity (Wildman–Crippen MR) is 120 cm³/mol. The first kappa shape index (κ1) is 24.8. The molecule has 1 unspecified atom stereocenters. The summed E-state index contributed by atoms with van der Waals surface area (Å²) >= 11 is 0. The Labute approximate surface area is 195 Å². The van der Waals surface area contributed by atoms with Crippen LogP contribution in [0.3, 0.4) is 0 Å².